The van der Waals surface area contributed by atoms with E-state index >= 15 is 0 Å². The van der Waals surface area contributed by atoms with E-state index in [4.69, 9.17) is 24.4 Å². The normalized spacial score (nSPS) is 12.0. The van der Waals surface area contributed by atoms with Gasteiger partial charge >= 0.3 is 0 Å². The average molecular weight is 909 g/mol. The molecule has 0 bridgehead atoms. The van der Waals surface area contributed by atoms with Gasteiger partial charge in [0.05, 0.1) is 11.2 Å². The summed E-state index contributed by atoms with van der Waals surface area (Å²) >= 11 is 1.78. The number of hydrogen-bond donors (Lipinski definition) is 0. The molecule has 0 aliphatic carbocycles. The third-order valence-corrected chi connectivity index (χ3v) is 15.3. The molecule has 0 atom stereocenters. The van der Waals surface area contributed by atoms with Gasteiger partial charge in [0, 0.05) is 74.9 Å². The lowest BCUT2D eigenvalue weighted by Crippen LogP contribution is -2.00. The van der Waals surface area contributed by atoms with Gasteiger partial charge in [-0.15, -0.1) is 11.3 Å². The number of furan rings is 1. The Bertz CT molecular complexity index is 4620. The van der Waals surface area contributed by atoms with E-state index in [1.54, 1.807) is 11.3 Å². The van der Waals surface area contributed by atoms with Crippen LogP contribution in [0.3, 0.4) is 0 Å². The molecule has 0 fully saturated rings. The summed E-state index contributed by atoms with van der Waals surface area (Å²) in [6, 6.07) is 77.4. The fourth-order valence-electron chi connectivity index (χ4n) is 10.9. The lowest BCUT2D eigenvalue weighted by atomic mass is 9.87. The molecule has 15 rings (SSSR count). The van der Waals surface area contributed by atoms with Crippen molar-refractivity contribution in [3.63, 3.8) is 0 Å². The van der Waals surface area contributed by atoms with E-state index in [9.17, 15) is 0 Å². The molecule has 15 aromatic rings. The molecule has 324 valence electrons. The van der Waals surface area contributed by atoms with Crippen LogP contribution >= 0.6 is 11.3 Å². The number of nitrogens with zero attached hydrogens (tertiary/aromatic N) is 4. The van der Waals surface area contributed by atoms with Crippen LogP contribution in [0.4, 0.5) is 0 Å². The highest BCUT2D eigenvalue weighted by Gasteiger charge is 2.23. The molecule has 4 heterocycles. The number of para-hydroxylation sites is 2. The molecule has 0 saturated carbocycles. The first-order chi connectivity index (χ1) is 34.7. The maximum Gasteiger partial charge on any atom is 0.165 e. The second kappa shape index (κ2) is 15.2. The molecule has 5 nitrogen and oxygen atoms in total. The Morgan fingerprint density at radius 1 is 0.314 bits per heavy atom. The lowest BCUT2D eigenvalue weighted by Gasteiger charge is -2.17. The summed E-state index contributed by atoms with van der Waals surface area (Å²) in [5, 5.41) is 15.3. The Kier molecular flexibility index (Phi) is 8.46. The summed E-state index contributed by atoms with van der Waals surface area (Å²) in [4.78, 5) is 21.0. The monoisotopic (exact) mass is 908 g/mol. The number of fused-ring (bicyclic) bond motifs is 15. The molecule has 4 aromatic heterocycles. The van der Waals surface area contributed by atoms with E-state index in [1.807, 2.05) is 24.3 Å². The van der Waals surface area contributed by atoms with Crippen molar-refractivity contribution in [3.8, 4) is 56.5 Å². The first-order valence-corrected chi connectivity index (χ1v) is 24.4. The van der Waals surface area contributed by atoms with Gasteiger partial charge in [-0.2, -0.15) is 0 Å². The standard InChI is InChI=1S/C64H36N4OS/c1-2-15-38(16-3-1)62-66-63(68-64(67-62)50-25-14-24-47-46-21-10-13-28-56(46)70-61(47)50)39-31-29-37(30-32-39)60-52-36-55-59(49-23-9-12-27-54(49)69-55)57(58(52)48-22-8-11-26-53(48)65-60)40-33-34-45-43-19-5-4-17-41(43)42-18-6-7-20-44(42)51(45)35-40/h1-36H. The van der Waals surface area contributed by atoms with E-state index in [-0.39, 0.29) is 0 Å². The average Bonchev–Trinajstić information content (AvgIpc) is 4.01. The summed E-state index contributed by atoms with van der Waals surface area (Å²) in [5.41, 5.74) is 9.50. The molecular weight excluding hydrogens is 873 g/mol. The minimum absolute atomic E-state index is 0.604. The van der Waals surface area contributed by atoms with E-state index in [0.717, 1.165) is 87.4 Å². The van der Waals surface area contributed by atoms with Crippen molar-refractivity contribution in [2.75, 3.05) is 0 Å². The van der Waals surface area contributed by atoms with Gasteiger partial charge in [0.2, 0.25) is 0 Å². The van der Waals surface area contributed by atoms with Crippen molar-refractivity contribution >= 4 is 107 Å². The van der Waals surface area contributed by atoms with E-state index in [0.29, 0.717) is 17.5 Å². The van der Waals surface area contributed by atoms with E-state index in [2.05, 4.69) is 194 Å². The SMILES string of the molecule is c1ccc(-c2nc(-c3ccc(-c4nc5ccccc5c5c(-c6ccc7c8ccccc8c8ccccc8c7c6)c6c(cc45)oc4ccccc46)cc3)nc(-c3cccc4c3sc3ccccc34)n2)cc1. The third-order valence-electron chi connectivity index (χ3n) is 14.1. The van der Waals surface area contributed by atoms with Gasteiger partial charge in [-0.05, 0) is 74.3 Å². The van der Waals surface area contributed by atoms with Gasteiger partial charge in [0.1, 0.15) is 11.2 Å². The van der Waals surface area contributed by atoms with Crippen LogP contribution in [0.25, 0.3) is 153 Å². The summed E-state index contributed by atoms with van der Waals surface area (Å²) in [6.07, 6.45) is 0. The van der Waals surface area contributed by atoms with Crippen molar-refractivity contribution in [1.29, 1.82) is 0 Å². The highest BCUT2D eigenvalue weighted by Crippen LogP contribution is 2.48. The van der Waals surface area contributed by atoms with Gasteiger partial charge in [0.15, 0.2) is 17.5 Å². The number of hydrogen-bond acceptors (Lipinski definition) is 6. The molecule has 11 aromatic carbocycles. The van der Waals surface area contributed by atoms with Crippen molar-refractivity contribution in [2.45, 2.75) is 0 Å². The van der Waals surface area contributed by atoms with E-state index < -0.39 is 0 Å². The Hall–Kier alpha value is -9.10. The lowest BCUT2D eigenvalue weighted by molar-refractivity contribution is 0.669. The van der Waals surface area contributed by atoms with Gasteiger partial charge in [-0.25, -0.2) is 19.9 Å². The minimum atomic E-state index is 0.604. The Morgan fingerprint density at radius 2 is 0.871 bits per heavy atom. The zero-order valence-corrected chi connectivity index (χ0v) is 38.2. The van der Waals surface area contributed by atoms with Crippen LogP contribution in [0.2, 0.25) is 0 Å². The number of rotatable bonds is 5. The first kappa shape index (κ1) is 38.9. The van der Waals surface area contributed by atoms with Crippen molar-refractivity contribution in [3.05, 3.63) is 218 Å². The van der Waals surface area contributed by atoms with Gasteiger partial charge in [0.25, 0.3) is 0 Å². The summed E-state index contributed by atoms with van der Waals surface area (Å²) in [5.74, 6) is 1.87. The topological polar surface area (TPSA) is 64.7 Å². The zero-order valence-electron chi connectivity index (χ0n) is 37.4. The number of pyridine rings is 1. The van der Waals surface area contributed by atoms with Gasteiger partial charge in [-0.3, -0.25) is 0 Å². The van der Waals surface area contributed by atoms with Crippen LogP contribution < -0.4 is 0 Å². The van der Waals surface area contributed by atoms with Crippen LogP contribution in [0.15, 0.2) is 223 Å². The second-order valence-corrected chi connectivity index (χ2v) is 19.1. The van der Waals surface area contributed by atoms with E-state index in [1.165, 1.54) is 47.8 Å². The second-order valence-electron chi connectivity index (χ2n) is 18.0. The number of thiophene rings is 1. The largest absolute Gasteiger partial charge is 0.456 e. The Labute approximate surface area is 404 Å². The minimum Gasteiger partial charge on any atom is -0.456 e. The molecular formula is C64H36N4OS. The third kappa shape index (κ3) is 5.90. The summed E-state index contributed by atoms with van der Waals surface area (Å²) in [6.45, 7) is 0. The van der Waals surface area contributed by atoms with Crippen molar-refractivity contribution in [2.24, 2.45) is 0 Å². The van der Waals surface area contributed by atoms with Crippen molar-refractivity contribution < 1.29 is 4.42 Å². The molecule has 0 amide bonds. The van der Waals surface area contributed by atoms with Crippen LogP contribution in [-0.4, -0.2) is 19.9 Å². The maximum atomic E-state index is 6.81. The fraction of sp³-hybridized carbons (Fsp3) is 0. The quantitative estimate of drug-likeness (QED) is 0.161. The maximum absolute atomic E-state index is 6.81. The van der Waals surface area contributed by atoms with Gasteiger partial charge in [-0.1, -0.05) is 182 Å². The number of benzene rings is 11. The molecule has 0 spiro atoms. The van der Waals surface area contributed by atoms with Crippen LogP contribution in [0.5, 0.6) is 0 Å². The van der Waals surface area contributed by atoms with Crippen LogP contribution in [0, 0.1) is 0 Å². The molecule has 6 heteroatoms. The van der Waals surface area contributed by atoms with Crippen LogP contribution in [0.1, 0.15) is 0 Å². The highest BCUT2D eigenvalue weighted by molar-refractivity contribution is 7.26. The smallest absolute Gasteiger partial charge is 0.165 e. The molecule has 0 radical (unpaired) electrons. The van der Waals surface area contributed by atoms with Gasteiger partial charge < -0.3 is 4.42 Å². The molecule has 0 N–H and O–H groups in total. The summed E-state index contributed by atoms with van der Waals surface area (Å²) in [7, 11) is 0. The van der Waals surface area contributed by atoms with Crippen LogP contribution in [-0.2, 0) is 0 Å². The number of aromatic nitrogens is 4. The first-order valence-electron chi connectivity index (χ1n) is 23.5. The highest BCUT2D eigenvalue weighted by atomic mass is 32.1. The summed E-state index contributed by atoms with van der Waals surface area (Å²) < 4.78 is 9.20. The molecule has 0 saturated heterocycles. The zero-order chi connectivity index (χ0) is 45.9. The van der Waals surface area contributed by atoms with Crippen molar-refractivity contribution in [1.82, 2.24) is 19.9 Å². The predicted octanol–water partition coefficient (Wildman–Crippen LogP) is 17.6. The molecule has 0 aliphatic rings. The predicted molar refractivity (Wildman–Crippen MR) is 292 cm³/mol. The molecule has 0 unspecified atom stereocenters. The molecule has 70 heavy (non-hydrogen) atoms. The Balaban J connectivity index is 0.953. The Morgan fingerprint density at radius 3 is 1.63 bits per heavy atom. The fourth-order valence-corrected chi connectivity index (χ4v) is 12.1. The molecule has 0 aliphatic heterocycles.